The predicted molar refractivity (Wildman–Crippen MR) is 70.4 cm³/mol. The van der Waals surface area contributed by atoms with Crippen LogP contribution in [0.25, 0.3) is 10.2 Å². The van der Waals surface area contributed by atoms with Gasteiger partial charge in [0.1, 0.15) is 0 Å². The van der Waals surface area contributed by atoms with Crippen LogP contribution in [-0.2, 0) is 0 Å². The molecular weight excluding hydrogens is 250 g/mol. The van der Waals surface area contributed by atoms with Crippen molar-refractivity contribution in [3.05, 3.63) is 18.0 Å². The number of hydrogen-bond acceptors (Lipinski definition) is 5. The van der Waals surface area contributed by atoms with Gasteiger partial charge in [-0.1, -0.05) is 11.3 Å². The van der Waals surface area contributed by atoms with E-state index in [-0.39, 0.29) is 5.69 Å². The highest BCUT2D eigenvalue weighted by Crippen LogP contribution is 2.31. The van der Waals surface area contributed by atoms with Crippen molar-refractivity contribution in [3.63, 3.8) is 0 Å². The number of fused-ring (bicyclic) bond motifs is 1. The maximum absolute atomic E-state index is 11.1. The second-order valence-corrected chi connectivity index (χ2v) is 5.33. The van der Waals surface area contributed by atoms with Crippen LogP contribution in [0.1, 0.15) is 29.8 Å². The summed E-state index contributed by atoms with van der Waals surface area (Å²) in [6.45, 7) is 2.02. The lowest BCUT2D eigenvalue weighted by Gasteiger charge is -2.25. The van der Waals surface area contributed by atoms with E-state index in [0.717, 1.165) is 23.7 Å². The fourth-order valence-corrected chi connectivity index (χ4v) is 3.31. The van der Waals surface area contributed by atoms with E-state index in [0.29, 0.717) is 4.70 Å². The van der Waals surface area contributed by atoms with Gasteiger partial charge in [0.25, 0.3) is 0 Å². The lowest BCUT2D eigenvalue weighted by Crippen LogP contribution is -2.29. The Morgan fingerprint density at radius 2 is 2.11 bits per heavy atom. The Balaban J connectivity index is 2.04. The largest absolute Gasteiger partial charge is 0.476 e. The maximum atomic E-state index is 11.1. The third kappa shape index (κ3) is 1.92. The predicted octanol–water partition coefficient (Wildman–Crippen LogP) is 2.38. The van der Waals surface area contributed by atoms with Gasteiger partial charge in [0.15, 0.2) is 10.8 Å². The van der Waals surface area contributed by atoms with Gasteiger partial charge >= 0.3 is 5.97 Å². The Morgan fingerprint density at radius 3 is 2.83 bits per heavy atom. The summed E-state index contributed by atoms with van der Waals surface area (Å²) in [6.07, 6.45) is 5.13. The van der Waals surface area contributed by atoms with Crippen molar-refractivity contribution in [2.45, 2.75) is 19.3 Å². The molecule has 2 aromatic rings. The van der Waals surface area contributed by atoms with Crippen molar-refractivity contribution in [1.29, 1.82) is 0 Å². The van der Waals surface area contributed by atoms with Crippen LogP contribution in [0.2, 0.25) is 0 Å². The van der Waals surface area contributed by atoms with Crippen molar-refractivity contribution in [3.8, 4) is 0 Å². The Hall–Kier alpha value is -1.69. The first-order valence-electron chi connectivity index (χ1n) is 5.99. The molecule has 0 aliphatic carbocycles. The van der Waals surface area contributed by atoms with Crippen LogP contribution in [0.15, 0.2) is 12.3 Å². The van der Waals surface area contributed by atoms with Crippen molar-refractivity contribution in [2.24, 2.45) is 0 Å². The number of nitrogens with zero attached hydrogens (tertiary/aromatic N) is 3. The fraction of sp³-hybridized carbons (Fsp3) is 0.417. The summed E-state index contributed by atoms with van der Waals surface area (Å²) >= 11 is 1.43. The van der Waals surface area contributed by atoms with Gasteiger partial charge in [-0.15, -0.1) is 0 Å². The van der Waals surface area contributed by atoms with E-state index < -0.39 is 5.97 Å². The Morgan fingerprint density at radius 1 is 1.33 bits per heavy atom. The van der Waals surface area contributed by atoms with Crippen LogP contribution in [-0.4, -0.2) is 34.1 Å². The molecule has 0 spiro atoms. The van der Waals surface area contributed by atoms with Gasteiger partial charge in [-0.25, -0.2) is 14.8 Å². The molecule has 1 fully saturated rings. The molecular formula is C12H13N3O2S. The average Bonchev–Trinajstić information content (AvgIpc) is 2.83. The van der Waals surface area contributed by atoms with E-state index in [9.17, 15) is 4.79 Å². The monoisotopic (exact) mass is 263 g/mol. The zero-order chi connectivity index (χ0) is 12.5. The summed E-state index contributed by atoms with van der Waals surface area (Å²) in [5.74, 6) is -0.991. The lowest BCUT2D eigenvalue weighted by atomic mass is 10.1. The van der Waals surface area contributed by atoms with Crippen LogP contribution in [0.5, 0.6) is 0 Å². The molecule has 3 rings (SSSR count). The van der Waals surface area contributed by atoms with Gasteiger partial charge in [-0.05, 0) is 25.3 Å². The molecule has 0 unspecified atom stereocenters. The van der Waals surface area contributed by atoms with Crippen LogP contribution in [0.3, 0.4) is 0 Å². The molecule has 0 saturated carbocycles. The van der Waals surface area contributed by atoms with Gasteiger partial charge in [-0.3, -0.25) is 0 Å². The lowest BCUT2D eigenvalue weighted by molar-refractivity contribution is 0.0693. The van der Waals surface area contributed by atoms with Crippen LogP contribution in [0.4, 0.5) is 5.13 Å². The zero-order valence-electron chi connectivity index (χ0n) is 9.80. The molecule has 0 bridgehead atoms. The second kappa shape index (κ2) is 4.53. The van der Waals surface area contributed by atoms with E-state index in [1.807, 2.05) is 0 Å². The van der Waals surface area contributed by atoms with Gasteiger partial charge in [0.2, 0.25) is 0 Å². The average molecular weight is 263 g/mol. The number of piperidine rings is 1. The normalized spacial score (nSPS) is 16.1. The zero-order valence-corrected chi connectivity index (χ0v) is 10.6. The van der Waals surface area contributed by atoms with E-state index in [1.54, 1.807) is 6.07 Å². The standard InChI is InChI=1S/C12H13N3O2S/c16-11(17)9-10-8(4-5-13-9)14-12(18-10)15-6-2-1-3-7-15/h4-5H,1-3,6-7H2,(H,16,17). The molecule has 2 aromatic heterocycles. The highest BCUT2D eigenvalue weighted by Gasteiger charge is 2.18. The molecule has 6 heteroatoms. The summed E-state index contributed by atoms with van der Waals surface area (Å²) < 4.78 is 0.672. The molecule has 1 N–H and O–H groups in total. The third-order valence-corrected chi connectivity index (χ3v) is 4.26. The Bertz CT molecular complexity index is 590. The molecule has 0 amide bonds. The summed E-state index contributed by atoms with van der Waals surface area (Å²) in [6, 6.07) is 1.77. The smallest absolute Gasteiger partial charge is 0.356 e. The topological polar surface area (TPSA) is 66.3 Å². The number of thiazole rings is 1. The molecule has 18 heavy (non-hydrogen) atoms. The molecule has 0 radical (unpaired) electrons. The molecule has 1 aliphatic heterocycles. The summed E-state index contributed by atoms with van der Waals surface area (Å²) in [5, 5.41) is 10.0. The minimum absolute atomic E-state index is 0.105. The quantitative estimate of drug-likeness (QED) is 0.901. The van der Waals surface area contributed by atoms with Gasteiger partial charge in [-0.2, -0.15) is 0 Å². The van der Waals surface area contributed by atoms with E-state index in [2.05, 4.69) is 14.9 Å². The van der Waals surface area contributed by atoms with Crippen molar-refractivity contribution < 1.29 is 9.90 Å². The molecule has 3 heterocycles. The highest BCUT2D eigenvalue weighted by molar-refractivity contribution is 7.22. The summed E-state index contributed by atoms with van der Waals surface area (Å²) in [4.78, 5) is 21.8. The van der Waals surface area contributed by atoms with Crippen LogP contribution >= 0.6 is 11.3 Å². The number of pyridine rings is 1. The second-order valence-electron chi connectivity index (χ2n) is 4.36. The number of carboxylic acid groups (broad SMARTS) is 1. The fourth-order valence-electron chi connectivity index (χ4n) is 2.22. The first-order valence-corrected chi connectivity index (χ1v) is 6.81. The van der Waals surface area contributed by atoms with Gasteiger partial charge in [0, 0.05) is 19.3 Å². The van der Waals surface area contributed by atoms with Crippen molar-refractivity contribution >= 4 is 32.7 Å². The highest BCUT2D eigenvalue weighted by atomic mass is 32.1. The number of aromatic nitrogens is 2. The molecule has 1 saturated heterocycles. The molecule has 1 aliphatic rings. The van der Waals surface area contributed by atoms with E-state index in [4.69, 9.17) is 5.11 Å². The maximum Gasteiger partial charge on any atom is 0.356 e. The first kappa shape index (κ1) is 11.4. The summed E-state index contributed by atoms with van der Waals surface area (Å²) in [7, 11) is 0. The number of carbonyl (C=O) groups is 1. The van der Waals surface area contributed by atoms with Crippen molar-refractivity contribution in [2.75, 3.05) is 18.0 Å². The van der Waals surface area contributed by atoms with Crippen LogP contribution in [0, 0.1) is 0 Å². The van der Waals surface area contributed by atoms with E-state index >= 15 is 0 Å². The molecule has 94 valence electrons. The summed E-state index contributed by atoms with van der Waals surface area (Å²) in [5.41, 5.74) is 0.834. The molecule has 0 atom stereocenters. The van der Waals surface area contributed by atoms with Crippen molar-refractivity contribution in [1.82, 2.24) is 9.97 Å². The SMILES string of the molecule is O=C(O)c1nccc2nc(N3CCCCC3)sc12. The van der Waals surface area contributed by atoms with E-state index in [1.165, 1.54) is 36.8 Å². The number of anilines is 1. The third-order valence-electron chi connectivity index (χ3n) is 3.12. The number of carboxylic acids is 1. The number of hydrogen-bond donors (Lipinski definition) is 1. The van der Waals surface area contributed by atoms with Crippen LogP contribution < -0.4 is 4.90 Å². The first-order chi connectivity index (χ1) is 8.75. The molecule has 0 aromatic carbocycles. The number of aromatic carboxylic acids is 1. The van der Waals surface area contributed by atoms with Gasteiger partial charge < -0.3 is 10.0 Å². The Kier molecular flexibility index (Phi) is 2.87. The number of rotatable bonds is 2. The van der Waals surface area contributed by atoms with Gasteiger partial charge in [0.05, 0.1) is 10.2 Å². The molecule has 5 nitrogen and oxygen atoms in total. The minimum Gasteiger partial charge on any atom is -0.476 e. The minimum atomic E-state index is -0.991. The Labute approximate surface area is 108 Å².